The zero-order valence-electron chi connectivity index (χ0n) is 10.3. The van der Waals surface area contributed by atoms with Gasteiger partial charge in [0.2, 0.25) is 0 Å². The predicted octanol–water partition coefficient (Wildman–Crippen LogP) is 4.18. The third-order valence-corrected chi connectivity index (χ3v) is 6.11. The number of halogens is 1. The number of nitrogens with one attached hydrogen (secondary N) is 1. The van der Waals surface area contributed by atoms with Gasteiger partial charge in [0.15, 0.2) is 0 Å². The number of rotatable bonds is 0. The molecule has 0 unspecified atom stereocenters. The molecule has 1 aliphatic carbocycles. The van der Waals surface area contributed by atoms with Gasteiger partial charge in [-0.25, -0.2) is 0 Å². The Morgan fingerprint density at radius 2 is 1.75 bits per heavy atom. The molecule has 1 aromatic rings. The van der Waals surface area contributed by atoms with Gasteiger partial charge in [-0.2, -0.15) is 0 Å². The first-order valence-corrected chi connectivity index (χ1v) is 6.68. The average molecular weight is 280 g/mol. The smallest absolute Gasteiger partial charge is 0.0380 e. The van der Waals surface area contributed by atoms with E-state index in [1.165, 1.54) is 15.7 Å². The van der Waals surface area contributed by atoms with Crippen molar-refractivity contribution in [2.45, 2.75) is 33.1 Å². The zero-order valence-corrected chi connectivity index (χ0v) is 11.9. The van der Waals surface area contributed by atoms with Gasteiger partial charge in [-0.05, 0) is 34.6 Å². The second kappa shape index (κ2) is 2.66. The van der Waals surface area contributed by atoms with Crippen LogP contribution in [0.5, 0.6) is 0 Å². The lowest BCUT2D eigenvalue weighted by Crippen LogP contribution is -2.18. The number of hydrogen-bond acceptors (Lipinski definition) is 1. The highest BCUT2D eigenvalue weighted by Gasteiger charge is 2.78. The molecular weight excluding hydrogens is 262 g/mol. The van der Waals surface area contributed by atoms with Crippen molar-refractivity contribution in [3.63, 3.8) is 0 Å². The molecule has 0 atom stereocenters. The molecule has 1 aromatic carbocycles. The van der Waals surface area contributed by atoms with Crippen molar-refractivity contribution in [1.82, 2.24) is 0 Å². The third kappa shape index (κ3) is 0.861. The van der Waals surface area contributed by atoms with Gasteiger partial charge in [-0.15, -0.1) is 0 Å². The van der Waals surface area contributed by atoms with Crippen molar-refractivity contribution in [1.29, 1.82) is 0 Å². The van der Waals surface area contributed by atoms with E-state index in [4.69, 9.17) is 0 Å². The highest BCUT2D eigenvalue weighted by Crippen LogP contribution is 2.80. The number of fused-ring (bicyclic) bond motifs is 2. The zero-order chi connectivity index (χ0) is 11.8. The first kappa shape index (κ1) is 10.6. The van der Waals surface area contributed by atoms with E-state index in [-0.39, 0.29) is 0 Å². The van der Waals surface area contributed by atoms with E-state index in [1.54, 1.807) is 0 Å². The van der Waals surface area contributed by atoms with Crippen LogP contribution >= 0.6 is 15.9 Å². The molecule has 0 bridgehead atoms. The van der Waals surface area contributed by atoms with Crippen LogP contribution in [-0.4, -0.2) is 6.54 Å². The van der Waals surface area contributed by atoms with Crippen molar-refractivity contribution >= 4 is 21.6 Å². The molecule has 0 radical (unpaired) electrons. The summed E-state index contributed by atoms with van der Waals surface area (Å²) in [4.78, 5) is 0. The Balaban J connectivity index is 2.22. The highest BCUT2D eigenvalue weighted by atomic mass is 79.9. The first-order chi connectivity index (χ1) is 7.34. The van der Waals surface area contributed by atoms with Gasteiger partial charge < -0.3 is 5.32 Å². The fourth-order valence-electron chi connectivity index (χ4n) is 3.89. The molecule has 0 saturated heterocycles. The fraction of sp³-hybridized carbons (Fsp3) is 0.571. The van der Waals surface area contributed by atoms with Crippen LogP contribution in [0.1, 0.15) is 33.3 Å². The lowest BCUT2D eigenvalue weighted by molar-refractivity contribution is 0.457. The maximum atomic E-state index is 3.59. The Bertz CT molecular complexity index is 460. The van der Waals surface area contributed by atoms with Gasteiger partial charge in [0.1, 0.15) is 0 Å². The van der Waals surface area contributed by atoms with Gasteiger partial charge in [0.25, 0.3) is 0 Å². The quantitative estimate of drug-likeness (QED) is 0.751. The average Bonchev–Trinajstić information content (AvgIpc) is 2.52. The van der Waals surface area contributed by atoms with Gasteiger partial charge in [0.05, 0.1) is 0 Å². The number of anilines is 1. The second-order valence-corrected chi connectivity index (χ2v) is 7.11. The van der Waals surface area contributed by atoms with Crippen molar-refractivity contribution < 1.29 is 0 Å². The molecule has 1 fully saturated rings. The van der Waals surface area contributed by atoms with Crippen LogP contribution in [0.3, 0.4) is 0 Å². The highest BCUT2D eigenvalue weighted by molar-refractivity contribution is 9.10. The van der Waals surface area contributed by atoms with Gasteiger partial charge in [-0.1, -0.05) is 43.6 Å². The number of hydrogen-bond donors (Lipinski definition) is 1. The Morgan fingerprint density at radius 1 is 1.12 bits per heavy atom. The van der Waals surface area contributed by atoms with E-state index < -0.39 is 0 Å². The molecule has 1 N–H and O–H groups in total. The van der Waals surface area contributed by atoms with Crippen LogP contribution < -0.4 is 5.32 Å². The standard InChI is InChI=1S/C14H18BrN/c1-12(2)13(3,4)14(12)8-16-11-6-5-9(15)7-10(11)14/h5-7,16H,8H2,1-4H3. The van der Waals surface area contributed by atoms with E-state index in [1.807, 2.05) is 0 Å². The van der Waals surface area contributed by atoms with Crippen LogP contribution in [0, 0.1) is 10.8 Å². The molecule has 0 amide bonds. The van der Waals surface area contributed by atoms with Crippen molar-refractivity contribution in [3.05, 3.63) is 28.2 Å². The molecule has 1 saturated carbocycles. The minimum absolute atomic E-state index is 0.319. The molecule has 1 aliphatic heterocycles. The lowest BCUT2D eigenvalue weighted by Gasteiger charge is -2.14. The summed E-state index contributed by atoms with van der Waals surface area (Å²) in [5.41, 5.74) is 3.88. The van der Waals surface area contributed by atoms with Crippen LogP contribution in [-0.2, 0) is 5.41 Å². The van der Waals surface area contributed by atoms with E-state index in [0.29, 0.717) is 16.2 Å². The predicted molar refractivity (Wildman–Crippen MR) is 71.9 cm³/mol. The molecule has 16 heavy (non-hydrogen) atoms. The third-order valence-electron chi connectivity index (χ3n) is 5.62. The van der Waals surface area contributed by atoms with E-state index in [2.05, 4.69) is 67.1 Å². The molecular formula is C14H18BrN. The normalized spacial score (nSPS) is 26.3. The second-order valence-electron chi connectivity index (χ2n) is 6.20. The molecule has 2 heteroatoms. The molecule has 3 rings (SSSR count). The van der Waals surface area contributed by atoms with Crippen LogP contribution in [0.2, 0.25) is 0 Å². The summed E-state index contributed by atoms with van der Waals surface area (Å²) in [6.45, 7) is 10.7. The summed E-state index contributed by atoms with van der Waals surface area (Å²) in [6.07, 6.45) is 0. The molecule has 0 aromatic heterocycles. The minimum Gasteiger partial charge on any atom is -0.384 e. The monoisotopic (exact) mass is 279 g/mol. The Morgan fingerprint density at radius 3 is 2.31 bits per heavy atom. The summed E-state index contributed by atoms with van der Waals surface area (Å²) in [5, 5.41) is 3.57. The SMILES string of the molecule is CC1(C)C(C)(C)C12CNc1ccc(Br)cc12. The first-order valence-electron chi connectivity index (χ1n) is 5.88. The summed E-state index contributed by atoms with van der Waals surface area (Å²) >= 11 is 3.59. The van der Waals surface area contributed by atoms with Crippen LogP contribution in [0.15, 0.2) is 22.7 Å². The van der Waals surface area contributed by atoms with Crippen LogP contribution in [0.25, 0.3) is 0 Å². The molecule has 1 heterocycles. The van der Waals surface area contributed by atoms with Gasteiger partial charge >= 0.3 is 0 Å². The summed E-state index contributed by atoms with van der Waals surface area (Å²) in [7, 11) is 0. The minimum atomic E-state index is 0.319. The summed E-state index contributed by atoms with van der Waals surface area (Å²) < 4.78 is 1.19. The Kier molecular flexibility index (Phi) is 1.77. The largest absolute Gasteiger partial charge is 0.384 e. The van der Waals surface area contributed by atoms with Crippen molar-refractivity contribution in [2.24, 2.45) is 10.8 Å². The van der Waals surface area contributed by atoms with E-state index in [0.717, 1.165) is 6.54 Å². The van der Waals surface area contributed by atoms with Gasteiger partial charge in [0, 0.05) is 22.1 Å². The van der Waals surface area contributed by atoms with E-state index >= 15 is 0 Å². The molecule has 1 nitrogen and oxygen atoms in total. The van der Waals surface area contributed by atoms with Gasteiger partial charge in [-0.3, -0.25) is 0 Å². The molecule has 1 spiro atoms. The maximum absolute atomic E-state index is 3.59. The van der Waals surface area contributed by atoms with Crippen LogP contribution in [0.4, 0.5) is 5.69 Å². The van der Waals surface area contributed by atoms with Crippen molar-refractivity contribution in [2.75, 3.05) is 11.9 Å². The maximum Gasteiger partial charge on any atom is 0.0380 e. The topological polar surface area (TPSA) is 12.0 Å². The summed E-state index contributed by atoms with van der Waals surface area (Å²) in [5.74, 6) is 0. The van der Waals surface area contributed by atoms with E-state index in [9.17, 15) is 0 Å². The number of benzene rings is 1. The molecule has 86 valence electrons. The lowest BCUT2D eigenvalue weighted by atomic mass is 9.88. The Hall–Kier alpha value is -0.500. The summed E-state index contributed by atoms with van der Waals surface area (Å²) in [6, 6.07) is 6.61. The Labute approximate surface area is 106 Å². The van der Waals surface area contributed by atoms with Crippen molar-refractivity contribution in [3.8, 4) is 0 Å². The molecule has 2 aliphatic rings. The fourth-order valence-corrected chi connectivity index (χ4v) is 4.25.